The van der Waals surface area contributed by atoms with Gasteiger partial charge in [-0.1, -0.05) is 23.7 Å². The van der Waals surface area contributed by atoms with Gasteiger partial charge in [0, 0.05) is 34.0 Å². The van der Waals surface area contributed by atoms with Crippen LogP contribution in [0.3, 0.4) is 0 Å². The first kappa shape index (κ1) is 20.2. The van der Waals surface area contributed by atoms with E-state index in [2.05, 4.69) is 10.3 Å². The normalized spacial score (nSPS) is 11.3. The van der Waals surface area contributed by atoms with Gasteiger partial charge in [-0.05, 0) is 54.5 Å². The number of anilines is 1. The lowest BCUT2D eigenvalue weighted by atomic mass is 10.1. The van der Waals surface area contributed by atoms with Gasteiger partial charge in [-0.3, -0.25) is 10.1 Å². The van der Waals surface area contributed by atoms with Gasteiger partial charge in [-0.25, -0.2) is 4.98 Å². The van der Waals surface area contributed by atoms with Crippen LogP contribution in [0.4, 0.5) is 5.13 Å². The number of carbonyl (C=O) groups excluding carboxylic acids is 1. The molecule has 0 saturated heterocycles. The topological polar surface area (TPSA) is 64.4 Å². The average Bonchev–Trinajstić information content (AvgIpc) is 3.34. The van der Waals surface area contributed by atoms with Crippen molar-refractivity contribution < 1.29 is 13.9 Å². The maximum absolute atomic E-state index is 12.2. The predicted octanol–water partition coefficient (Wildman–Crippen LogP) is 6.10. The largest absolute Gasteiger partial charge is 0.497 e. The molecule has 2 aromatic carbocycles. The van der Waals surface area contributed by atoms with E-state index in [1.807, 2.05) is 49.4 Å². The van der Waals surface area contributed by atoms with Crippen molar-refractivity contribution in [3.63, 3.8) is 0 Å². The standard InChI is InChI=1S/C23H19ClN2O3S/c1-14-3-4-15(10-20(14)24)9-19-13-25-23(30-19)26-22(27)8-6-18-12-16-11-17(28-2)5-7-21(16)29-18/h3-8,10-13H,9H2,1-2H3,(H,25,26,27)/b8-6+. The van der Waals surface area contributed by atoms with Crippen LogP contribution >= 0.6 is 22.9 Å². The van der Waals surface area contributed by atoms with Gasteiger partial charge in [0.05, 0.1) is 7.11 Å². The van der Waals surface area contributed by atoms with Gasteiger partial charge in [0.25, 0.3) is 0 Å². The van der Waals surface area contributed by atoms with Crippen LogP contribution in [-0.4, -0.2) is 18.0 Å². The molecule has 0 bridgehead atoms. The first-order chi connectivity index (χ1) is 14.5. The Bertz CT molecular complexity index is 1240. The summed E-state index contributed by atoms with van der Waals surface area (Å²) >= 11 is 7.63. The van der Waals surface area contributed by atoms with Crippen LogP contribution in [0, 0.1) is 6.92 Å². The van der Waals surface area contributed by atoms with Crippen molar-refractivity contribution in [2.24, 2.45) is 0 Å². The van der Waals surface area contributed by atoms with Gasteiger partial charge in [0.1, 0.15) is 17.1 Å². The van der Waals surface area contributed by atoms with E-state index in [1.54, 1.807) is 19.4 Å². The number of nitrogens with one attached hydrogen (secondary N) is 1. The average molecular weight is 439 g/mol. The fourth-order valence-electron chi connectivity index (χ4n) is 2.95. The van der Waals surface area contributed by atoms with Crippen LogP contribution in [-0.2, 0) is 11.2 Å². The highest BCUT2D eigenvalue weighted by Gasteiger charge is 2.08. The Morgan fingerprint density at radius 1 is 1.27 bits per heavy atom. The van der Waals surface area contributed by atoms with E-state index in [4.69, 9.17) is 20.8 Å². The van der Waals surface area contributed by atoms with Crippen molar-refractivity contribution in [2.45, 2.75) is 13.3 Å². The molecule has 0 spiro atoms. The minimum absolute atomic E-state index is 0.271. The predicted molar refractivity (Wildman–Crippen MR) is 122 cm³/mol. The summed E-state index contributed by atoms with van der Waals surface area (Å²) in [5, 5.41) is 5.00. The van der Waals surface area contributed by atoms with Crippen LogP contribution in [0.5, 0.6) is 5.75 Å². The Hall–Kier alpha value is -3.09. The van der Waals surface area contributed by atoms with Gasteiger partial charge in [0.2, 0.25) is 5.91 Å². The first-order valence-electron chi connectivity index (χ1n) is 9.26. The number of nitrogens with zero attached hydrogens (tertiary/aromatic N) is 1. The molecule has 7 heteroatoms. The number of rotatable bonds is 6. The molecule has 0 aliphatic carbocycles. The molecular formula is C23H19ClN2O3S. The Balaban J connectivity index is 1.38. The molecule has 1 amide bonds. The maximum Gasteiger partial charge on any atom is 0.250 e. The molecule has 4 aromatic rings. The van der Waals surface area contributed by atoms with Crippen molar-refractivity contribution in [1.29, 1.82) is 0 Å². The van der Waals surface area contributed by atoms with E-state index < -0.39 is 0 Å². The number of hydrogen-bond donors (Lipinski definition) is 1. The Kier molecular flexibility index (Phi) is 5.88. The Morgan fingerprint density at radius 3 is 2.93 bits per heavy atom. The van der Waals surface area contributed by atoms with E-state index >= 15 is 0 Å². The van der Waals surface area contributed by atoms with Crippen molar-refractivity contribution in [3.05, 3.63) is 81.5 Å². The zero-order valence-electron chi connectivity index (χ0n) is 16.4. The van der Waals surface area contributed by atoms with E-state index in [0.717, 1.165) is 37.7 Å². The van der Waals surface area contributed by atoms with Gasteiger partial charge in [-0.2, -0.15) is 0 Å². The summed E-state index contributed by atoms with van der Waals surface area (Å²) < 4.78 is 10.9. The van der Waals surface area contributed by atoms with Crippen LogP contribution in [0.15, 0.2) is 59.2 Å². The van der Waals surface area contributed by atoms with Gasteiger partial charge in [-0.15, -0.1) is 11.3 Å². The number of aryl methyl sites for hydroxylation is 1. The minimum atomic E-state index is -0.271. The summed E-state index contributed by atoms with van der Waals surface area (Å²) in [6.07, 6.45) is 5.54. The lowest BCUT2D eigenvalue weighted by molar-refractivity contribution is -0.111. The quantitative estimate of drug-likeness (QED) is 0.369. The third-order valence-electron chi connectivity index (χ3n) is 4.54. The number of methoxy groups -OCH3 is 1. The maximum atomic E-state index is 12.2. The smallest absolute Gasteiger partial charge is 0.250 e. The second kappa shape index (κ2) is 8.73. The summed E-state index contributed by atoms with van der Waals surface area (Å²) in [7, 11) is 1.62. The Morgan fingerprint density at radius 2 is 2.13 bits per heavy atom. The highest BCUT2D eigenvalue weighted by Crippen LogP contribution is 2.26. The third kappa shape index (κ3) is 4.72. The zero-order chi connectivity index (χ0) is 21.1. The summed E-state index contributed by atoms with van der Waals surface area (Å²) in [5.41, 5.74) is 2.89. The molecule has 0 atom stereocenters. The molecule has 2 aromatic heterocycles. The number of hydrogen-bond acceptors (Lipinski definition) is 5. The van der Waals surface area contributed by atoms with Crippen LogP contribution in [0.2, 0.25) is 5.02 Å². The number of halogens is 1. The van der Waals surface area contributed by atoms with Crippen molar-refractivity contribution in [1.82, 2.24) is 4.98 Å². The van der Waals surface area contributed by atoms with Gasteiger partial charge < -0.3 is 9.15 Å². The second-order valence-electron chi connectivity index (χ2n) is 6.77. The molecule has 152 valence electrons. The highest BCUT2D eigenvalue weighted by molar-refractivity contribution is 7.15. The molecule has 0 aliphatic heterocycles. The fraction of sp³-hybridized carbons (Fsp3) is 0.130. The highest BCUT2D eigenvalue weighted by atomic mass is 35.5. The molecule has 30 heavy (non-hydrogen) atoms. The summed E-state index contributed by atoms with van der Waals surface area (Å²) in [6, 6.07) is 13.4. The fourth-order valence-corrected chi connectivity index (χ4v) is 4.00. The first-order valence-corrected chi connectivity index (χ1v) is 10.5. The lowest BCUT2D eigenvalue weighted by Crippen LogP contribution is -2.06. The number of amides is 1. The van der Waals surface area contributed by atoms with Crippen molar-refractivity contribution in [2.75, 3.05) is 12.4 Å². The van der Waals surface area contributed by atoms with E-state index in [1.165, 1.54) is 17.4 Å². The number of aromatic nitrogens is 1. The molecule has 1 N–H and O–H groups in total. The molecule has 0 aliphatic rings. The Labute approximate surface area is 183 Å². The number of benzene rings is 2. The van der Waals surface area contributed by atoms with Crippen LogP contribution in [0.25, 0.3) is 17.0 Å². The van der Waals surface area contributed by atoms with E-state index in [9.17, 15) is 4.79 Å². The monoisotopic (exact) mass is 438 g/mol. The van der Waals surface area contributed by atoms with Crippen molar-refractivity contribution >= 4 is 51.0 Å². The SMILES string of the molecule is COc1ccc2oc(/C=C/C(=O)Nc3ncc(Cc4ccc(C)c(Cl)c4)s3)cc2c1. The third-order valence-corrected chi connectivity index (χ3v) is 5.86. The lowest BCUT2D eigenvalue weighted by Gasteiger charge is -2.02. The van der Waals surface area contributed by atoms with E-state index in [0.29, 0.717) is 17.3 Å². The zero-order valence-corrected chi connectivity index (χ0v) is 18.0. The minimum Gasteiger partial charge on any atom is -0.497 e. The number of ether oxygens (including phenoxy) is 1. The van der Waals surface area contributed by atoms with Crippen molar-refractivity contribution in [3.8, 4) is 5.75 Å². The number of fused-ring (bicyclic) bond motifs is 1. The van der Waals surface area contributed by atoms with Crippen LogP contribution in [0.1, 0.15) is 21.8 Å². The summed E-state index contributed by atoms with van der Waals surface area (Å²) in [6.45, 7) is 1.97. The molecular weight excluding hydrogens is 420 g/mol. The molecule has 4 rings (SSSR count). The van der Waals surface area contributed by atoms with Gasteiger partial charge >= 0.3 is 0 Å². The molecule has 0 fully saturated rings. The molecule has 0 unspecified atom stereocenters. The molecule has 0 saturated carbocycles. The molecule has 2 heterocycles. The van der Waals surface area contributed by atoms with Gasteiger partial charge in [0.15, 0.2) is 5.13 Å². The summed E-state index contributed by atoms with van der Waals surface area (Å²) in [5.74, 6) is 1.07. The second-order valence-corrected chi connectivity index (χ2v) is 8.29. The number of thiazole rings is 1. The number of furan rings is 1. The number of carbonyl (C=O) groups is 1. The van der Waals surface area contributed by atoms with Crippen LogP contribution < -0.4 is 10.1 Å². The molecule has 5 nitrogen and oxygen atoms in total. The summed E-state index contributed by atoms with van der Waals surface area (Å²) in [4.78, 5) is 17.6. The van der Waals surface area contributed by atoms with E-state index in [-0.39, 0.29) is 5.91 Å². The molecule has 0 radical (unpaired) electrons.